The van der Waals surface area contributed by atoms with E-state index in [0.29, 0.717) is 18.7 Å². The first kappa shape index (κ1) is 12.6. The summed E-state index contributed by atoms with van der Waals surface area (Å²) in [7, 11) is 0. The highest BCUT2D eigenvalue weighted by molar-refractivity contribution is 5.88. The zero-order chi connectivity index (χ0) is 14.3. The molecular formula is C15H11F2NO2. The largest absolute Gasteiger partial charge is 0.478 e. The topological polar surface area (TPSA) is 40.5 Å². The van der Waals surface area contributed by atoms with Crippen molar-refractivity contribution in [3.05, 3.63) is 59.2 Å². The minimum Gasteiger partial charge on any atom is -0.478 e. The maximum atomic E-state index is 14.1. The van der Waals surface area contributed by atoms with Crippen molar-refractivity contribution in [2.45, 2.75) is 6.42 Å². The number of halogens is 2. The van der Waals surface area contributed by atoms with Crippen molar-refractivity contribution < 1.29 is 18.7 Å². The minimum absolute atomic E-state index is 0.107. The molecule has 1 heterocycles. The van der Waals surface area contributed by atoms with Crippen molar-refractivity contribution in [2.24, 2.45) is 0 Å². The van der Waals surface area contributed by atoms with E-state index in [2.05, 4.69) is 0 Å². The molecule has 3 nitrogen and oxygen atoms in total. The smallest absolute Gasteiger partial charge is 0.335 e. The number of carboxylic acids is 1. The molecule has 0 fully saturated rings. The second kappa shape index (κ2) is 4.59. The lowest BCUT2D eigenvalue weighted by atomic mass is 10.1. The van der Waals surface area contributed by atoms with Crippen LogP contribution in [0.25, 0.3) is 0 Å². The van der Waals surface area contributed by atoms with Gasteiger partial charge in [-0.15, -0.1) is 0 Å². The molecule has 102 valence electrons. The summed E-state index contributed by atoms with van der Waals surface area (Å²) in [5.74, 6) is -2.18. The zero-order valence-electron chi connectivity index (χ0n) is 10.4. The van der Waals surface area contributed by atoms with Gasteiger partial charge in [-0.05, 0) is 42.3 Å². The predicted molar refractivity (Wildman–Crippen MR) is 70.5 cm³/mol. The van der Waals surface area contributed by atoms with Crippen LogP contribution in [0.15, 0.2) is 36.4 Å². The van der Waals surface area contributed by atoms with Crippen molar-refractivity contribution >= 4 is 17.3 Å². The van der Waals surface area contributed by atoms with Crippen LogP contribution in [0, 0.1) is 11.6 Å². The summed E-state index contributed by atoms with van der Waals surface area (Å²) >= 11 is 0. The molecule has 1 N–H and O–H groups in total. The van der Waals surface area contributed by atoms with Gasteiger partial charge < -0.3 is 10.0 Å². The van der Waals surface area contributed by atoms with Gasteiger partial charge in [-0.2, -0.15) is 0 Å². The number of carbonyl (C=O) groups is 1. The van der Waals surface area contributed by atoms with Gasteiger partial charge in [0.1, 0.15) is 11.6 Å². The Labute approximate surface area is 114 Å². The first-order chi connectivity index (χ1) is 9.56. The molecule has 20 heavy (non-hydrogen) atoms. The number of hydrogen-bond donors (Lipinski definition) is 1. The van der Waals surface area contributed by atoms with E-state index in [4.69, 9.17) is 5.11 Å². The number of hydrogen-bond acceptors (Lipinski definition) is 2. The van der Waals surface area contributed by atoms with Crippen LogP contribution >= 0.6 is 0 Å². The van der Waals surface area contributed by atoms with Gasteiger partial charge >= 0.3 is 5.97 Å². The molecule has 2 aromatic rings. The Kier molecular flexibility index (Phi) is 2.89. The summed E-state index contributed by atoms with van der Waals surface area (Å²) in [4.78, 5) is 12.5. The Bertz CT molecular complexity index is 700. The standard InChI is InChI=1S/C15H11F2NO2/c16-11-3-1-9-5-6-18(14(9)8-11)13-4-2-10(15(19)20)7-12(13)17/h1-4,7-8H,5-6H2,(H,19,20). The molecular weight excluding hydrogens is 264 g/mol. The zero-order valence-corrected chi connectivity index (χ0v) is 10.4. The molecule has 0 atom stereocenters. The van der Waals surface area contributed by atoms with E-state index >= 15 is 0 Å². The van der Waals surface area contributed by atoms with Gasteiger partial charge in [0, 0.05) is 12.2 Å². The summed E-state index contributed by atoms with van der Waals surface area (Å²) in [6.45, 7) is 0.544. The fourth-order valence-electron chi connectivity index (χ4n) is 2.46. The van der Waals surface area contributed by atoms with Gasteiger partial charge in [-0.1, -0.05) is 6.07 Å². The molecule has 0 saturated carbocycles. The average molecular weight is 275 g/mol. The lowest BCUT2D eigenvalue weighted by molar-refractivity contribution is 0.0696. The number of benzene rings is 2. The molecule has 0 amide bonds. The van der Waals surface area contributed by atoms with E-state index in [1.54, 1.807) is 11.0 Å². The first-order valence-corrected chi connectivity index (χ1v) is 6.15. The highest BCUT2D eigenvalue weighted by atomic mass is 19.1. The third-order valence-corrected chi connectivity index (χ3v) is 3.43. The number of aromatic carboxylic acids is 1. The molecule has 5 heteroatoms. The molecule has 0 unspecified atom stereocenters. The lowest BCUT2D eigenvalue weighted by Gasteiger charge is -2.20. The maximum Gasteiger partial charge on any atom is 0.335 e. The van der Waals surface area contributed by atoms with Crippen LogP contribution in [0.5, 0.6) is 0 Å². The maximum absolute atomic E-state index is 14.1. The van der Waals surface area contributed by atoms with Crippen LogP contribution < -0.4 is 4.90 Å². The Morgan fingerprint density at radius 1 is 1.10 bits per heavy atom. The third kappa shape index (κ3) is 2.01. The second-order valence-corrected chi connectivity index (χ2v) is 4.65. The van der Waals surface area contributed by atoms with E-state index in [-0.39, 0.29) is 17.1 Å². The van der Waals surface area contributed by atoms with E-state index in [0.717, 1.165) is 11.6 Å². The molecule has 1 aliphatic rings. The Balaban J connectivity index is 2.04. The van der Waals surface area contributed by atoms with Crippen LogP contribution in [0.4, 0.5) is 20.2 Å². The number of anilines is 2. The fourth-order valence-corrected chi connectivity index (χ4v) is 2.46. The van der Waals surface area contributed by atoms with Gasteiger partial charge in [-0.25, -0.2) is 13.6 Å². The van der Waals surface area contributed by atoms with E-state index in [9.17, 15) is 13.6 Å². The lowest BCUT2D eigenvalue weighted by Crippen LogP contribution is -2.15. The van der Waals surface area contributed by atoms with Gasteiger partial charge in [0.2, 0.25) is 0 Å². The van der Waals surface area contributed by atoms with E-state index in [1.807, 2.05) is 0 Å². The predicted octanol–water partition coefficient (Wildman–Crippen LogP) is 3.36. The molecule has 0 aromatic heterocycles. The molecule has 1 aliphatic heterocycles. The molecule has 0 spiro atoms. The second-order valence-electron chi connectivity index (χ2n) is 4.65. The summed E-state index contributed by atoms with van der Waals surface area (Å²) in [5, 5.41) is 8.83. The molecule has 0 bridgehead atoms. The van der Waals surface area contributed by atoms with Crippen LogP contribution in [0.1, 0.15) is 15.9 Å². The molecule has 0 aliphatic carbocycles. The van der Waals surface area contributed by atoms with Crippen LogP contribution in [-0.4, -0.2) is 17.6 Å². The number of rotatable bonds is 2. The fraction of sp³-hybridized carbons (Fsp3) is 0.133. The molecule has 3 rings (SSSR count). The molecule has 0 radical (unpaired) electrons. The van der Waals surface area contributed by atoms with Crippen molar-refractivity contribution in [3.8, 4) is 0 Å². The average Bonchev–Trinajstić information content (AvgIpc) is 2.81. The van der Waals surface area contributed by atoms with Crippen LogP contribution in [-0.2, 0) is 6.42 Å². The van der Waals surface area contributed by atoms with Gasteiger partial charge in [-0.3, -0.25) is 0 Å². The summed E-state index contributed by atoms with van der Waals surface area (Å²) in [5.41, 5.74) is 1.74. The SMILES string of the molecule is O=C(O)c1ccc(N2CCc3ccc(F)cc32)c(F)c1. The monoisotopic (exact) mass is 275 g/mol. The number of carboxylic acid groups (broad SMARTS) is 1. The normalized spacial score (nSPS) is 13.4. The minimum atomic E-state index is -1.18. The van der Waals surface area contributed by atoms with Crippen molar-refractivity contribution in [2.75, 3.05) is 11.4 Å². The van der Waals surface area contributed by atoms with Crippen molar-refractivity contribution in [1.29, 1.82) is 0 Å². The highest BCUT2D eigenvalue weighted by Crippen LogP contribution is 2.36. The Morgan fingerprint density at radius 3 is 2.60 bits per heavy atom. The Hall–Kier alpha value is -2.43. The van der Waals surface area contributed by atoms with E-state index < -0.39 is 11.8 Å². The van der Waals surface area contributed by atoms with Crippen molar-refractivity contribution in [1.82, 2.24) is 0 Å². The first-order valence-electron chi connectivity index (χ1n) is 6.15. The van der Waals surface area contributed by atoms with Crippen molar-refractivity contribution in [3.63, 3.8) is 0 Å². The number of nitrogens with zero attached hydrogens (tertiary/aromatic N) is 1. The summed E-state index contributed by atoms with van der Waals surface area (Å²) in [6, 6.07) is 8.18. The van der Waals surface area contributed by atoms with Gasteiger partial charge in [0.05, 0.1) is 11.3 Å². The quantitative estimate of drug-likeness (QED) is 0.913. The van der Waals surface area contributed by atoms with Crippen LogP contribution in [0.2, 0.25) is 0 Å². The van der Waals surface area contributed by atoms with Crippen LogP contribution in [0.3, 0.4) is 0 Å². The van der Waals surface area contributed by atoms with Gasteiger partial charge in [0.15, 0.2) is 0 Å². The summed E-state index contributed by atoms with van der Waals surface area (Å²) in [6.07, 6.45) is 0.704. The number of fused-ring (bicyclic) bond motifs is 1. The Morgan fingerprint density at radius 2 is 1.90 bits per heavy atom. The third-order valence-electron chi connectivity index (χ3n) is 3.43. The molecule has 2 aromatic carbocycles. The highest BCUT2D eigenvalue weighted by Gasteiger charge is 2.23. The van der Waals surface area contributed by atoms with E-state index in [1.165, 1.54) is 24.3 Å². The van der Waals surface area contributed by atoms with Gasteiger partial charge in [0.25, 0.3) is 0 Å². The summed E-state index contributed by atoms with van der Waals surface area (Å²) < 4.78 is 27.4. The molecule has 0 saturated heterocycles.